The summed E-state index contributed by atoms with van der Waals surface area (Å²) in [6, 6.07) is 4.07. The Hall–Kier alpha value is -1.56. The minimum absolute atomic E-state index is 0.0454. The average Bonchev–Trinajstić information content (AvgIpc) is 2.15. The van der Waals surface area contributed by atoms with Crippen LogP contribution in [-0.4, -0.2) is 16.3 Å². The van der Waals surface area contributed by atoms with Crippen LogP contribution in [0.5, 0.6) is 5.75 Å². The summed E-state index contributed by atoms with van der Waals surface area (Å²) in [6.07, 6.45) is -3.60. The van der Waals surface area contributed by atoms with Gasteiger partial charge in [-0.25, -0.2) is 9.97 Å². The van der Waals surface area contributed by atoms with E-state index in [0.717, 1.165) is 6.07 Å². The fraction of sp³-hybridized carbons (Fsp3) is 0.111. The van der Waals surface area contributed by atoms with Crippen molar-refractivity contribution < 1.29 is 17.9 Å². The molecule has 0 aliphatic heterocycles. The van der Waals surface area contributed by atoms with Crippen LogP contribution in [0.4, 0.5) is 13.2 Å². The van der Waals surface area contributed by atoms with Crippen molar-refractivity contribution in [3.05, 3.63) is 29.7 Å². The van der Waals surface area contributed by atoms with Crippen molar-refractivity contribution in [2.45, 2.75) is 6.36 Å². The molecule has 0 atom stereocenters. The molecule has 84 valence electrons. The first kappa shape index (κ1) is 10.9. The largest absolute Gasteiger partial charge is 0.573 e. The van der Waals surface area contributed by atoms with E-state index in [-0.39, 0.29) is 10.5 Å². The molecule has 3 nitrogen and oxygen atoms in total. The molecule has 0 spiro atoms. The molecule has 0 saturated heterocycles. The molecule has 2 aromatic rings. The van der Waals surface area contributed by atoms with Crippen molar-refractivity contribution in [1.82, 2.24) is 9.97 Å². The summed E-state index contributed by atoms with van der Waals surface area (Å²) in [5.74, 6) is -0.407. The topological polar surface area (TPSA) is 35.0 Å². The fourth-order valence-corrected chi connectivity index (χ4v) is 1.48. The quantitative estimate of drug-likeness (QED) is 0.727. The van der Waals surface area contributed by atoms with Crippen LogP contribution >= 0.6 is 11.6 Å². The summed E-state index contributed by atoms with van der Waals surface area (Å²) in [4.78, 5) is 7.39. The maximum absolute atomic E-state index is 12.1. The van der Waals surface area contributed by atoms with E-state index in [1.54, 1.807) is 0 Å². The number of fused-ring (bicyclic) bond motifs is 1. The summed E-state index contributed by atoms with van der Waals surface area (Å²) in [6.45, 7) is 0. The number of ether oxygens (including phenoxy) is 1. The Labute approximate surface area is 92.8 Å². The predicted octanol–water partition coefficient (Wildman–Crippen LogP) is 3.18. The number of hydrogen-bond acceptors (Lipinski definition) is 3. The van der Waals surface area contributed by atoms with Crippen LogP contribution in [0.25, 0.3) is 10.9 Å². The van der Waals surface area contributed by atoms with Crippen molar-refractivity contribution >= 4 is 22.5 Å². The molecular formula is C9H4ClF3N2O. The number of rotatable bonds is 1. The summed E-state index contributed by atoms with van der Waals surface area (Å²) in [5.41, 5.74) is 0.293. The fourth-order valence-electron chi connectivity index (χ4n) is 1.25. The zero-order valence-corrected chi connectivity index (χ0v) is 8.38. The Kier molecular flexibility index (Phi) is 2.59. The lowest BCUT2D eigenvalue weighted by atomic mass is 10.2. The van der Waals surface area contributed by atoms with Gasteiger partial charge < -0.3 is 4.74 Å². The highest BCUT2D eigenvalue weighted by atomic mass is 35.5. The van der Waals surface area contributed by atoms with E-state index in [1.807, 2.05) is 0 Å². The summed E-state index contributed by atoms with van der Waals surface area (Å²) in [5, 5.41) is -0.0335. The number of aromatic nitrogens is 2. The third-order valence-corrected chi connectivity index (χ3v) is 2.09. The molecule has 0 saturated carbocycles. The number of halogens is 4. The van der Waals surface area contributed by atoms with Gasteiger partial charge in [-0.05, 0) is 12.1 Å². The highest BCUT2D eigenvalue weighted by Crippen LogP contribution is 2.32. The Morgan fingerprint density at radius 1 is 1.19 bits per heavy atom. The van der Waals surface area contributed by atoms with E-state index in [2.05, 4.69) is 14.7 Å². The van der Waals surface area contributed by atoms with E-state index in [0.29, 0.717) is 5.52 Å². The van der Waals surface area contributed by atoms with E-state index < -0.39 is 12.1 Å². The third kappa shape index (κ3) is 2.16. The van der Waals surface area contributed by atoms with Crippen molar-refractivity contribution in [2.24, 2.45) is 0 Å². The van der Waals surface area contributed by atoms with Gasteiger partial charge in [-0.3, -0.25) is 0 Å². The molecule has 0 unspecified atom stereocenters. The first-order chi connectivity index (χ1) is 7.47. The van der Waals surface area contributed by atoms with Crippen LogP contribution in [0.15, 0.2) is 24.5 Å². The van der Waals surface area contributed by atoms with Crippen LogP contribution in [0.2, 0.25) is 5.15 Å². The van der Waals surface area contributed by atoms with Gasteiger partial charge in [-0.1, -0.05) is 17.7 Å². The normalized spacial score (nSPS) is 11.8. The van der Waals surface area contributed by atoms with Gasteiger partial charge in [0.1, 0.15) is 17.2 Å². The second-order valence-electron chi connectivity index (χ2n) is 2.86. The second-order valence-corrected chi connectivity index (χ2v) is 3.22. The van der Waals surface area contributed by atoms with Crippen molar-refractivity contribution in [2.75, 3.05) is 0 Å². The zero-order valence-electron chi connectivity index (χ0n) is 7.62. The Bertz CT molecular complexity index is 524. The van der Waals surface area contributed by atoms with Gasteiger partial charge in [0.2, 0.25) is 0 Å². The second kappa shape index (κ2) is 3.79. The van der Waals surface area contributed by atoms with Crippen LogP contribution in [0, 0.1) is 0 Å². The number of hydrogen-bond donors (Lipinski definition) is 0. The lowest BCUT2D eigenvalue weighted by molar-refractivity contribution is -0.274. The van der Waals surface area contributed by atoms with Gasteiger partial charge in [0.05, 0.1) is 10.9 Å². The Morgan fingerprint density at radius 3 is 2.62 bits per heavy atom. The molecule has 1 aromatic carbocycles. The highest BCUT2D eigenvalue weighted by Gasteiger charge is 2.32. The smallest absolute Gasteiger partial charge is 0.405 e. The highest BCUT2D eigenvalue weighted by molar-refractivity contribution is 6.34. The summed E-state index contributed by atoms with van der Waals surface area (Å²) < 4.78 is 40.1. The van der Waals surface area contributed by atoms with Gasteiger partial charge in [-0.15, -0.1) is 13.2 Å². The summed E-state index contributed by atoms with van der Waals surface area (Å²) in [7, 11) is 0. The molecule has 7 heteroatoms. The average molecular weight is 249 g/mol. The molecule has 16 heavy (non-hydrogen) atoms. The zero-order chi connectivity index (χ0) is 11.8. The SMILES string of the molecule is FC(F)(F)Oc1cccc2ncnc(Cl)c12. The minimum atomic E-state index is -4.77. The lowest BCUT2D eigenvalue weighted by Gasteiger charge is -2.11. The minimum Gasteiger partial charge on any atom is -0.405 e. The van der Waals surface area contributed by atoms with E-state index in [9.17, 15) is 13.2 Å². The third-order valence-electron chi connectivity index (χ3n) is 1.80. The number of alkyl halides is 3. The number of benzene rings is 1. The monoisotopic (exact) mass is 248 g/mol. The van der Waals surface area contributed by atoms with Gasteiger partial charge in [0.15, 0.2) is 0 Å². The van der Waals surface area contributed by atoms with E-state index >= 15 is 0 Å². The van der Waals surface area contributed by atoms with Gasteiger partial charge in [-0.2, -0.15) is 0 Å². The van der Waals surface area contributed by atoms with Crippen LogP contribution < -0.4 is 4.74 Å². The van der Waals surface area contributed by atoms with Gasteiger partial charge in [0, 0.05) is 0 Å². The van der Waals surface area contributed by atoms with Crippen molar-refractivity contribution in [3.8, 4) is 5.75 Å². The molecule has 1 aromatic heterocycles. The lowest BCUT2D eigenvalue weighted by Crippen LogP contribution is -2.17. The van der Waals surface area contributed by atoms with Crippen LogP contribution in [-0.2, 0) is 0 Å². The maximum atomic E-state index is 12.1. The van der Waals surface area contributed by atoms with E-state index in [4.69, 9.17) is 11.6 Å². The number of nitrogens with zero attached hydrogens (tertiary/aromatic N) is 2. The Morgan fingerprint density at radius 2 is 1.94 bits per heavy atom. The molecule has 0 N–H and O–H groups in total. The first-order valence-electron chi connectivity index (χ1n) is 4.12. The predicted molar refractivity (Wildman–Crippen MR) is 51.2 cm³/mol. The van der Waals surface area contributed by atoms with Gasteiger partial charge in [0.25, 0.3) is 0 Å². The molecule has 0 bridgehead atoms. The molecule has 0 radical (unpaired) electrons. The first-order valence-corrected chi connectivity index (χ1v) is 4.50. The molecule has 0 aliphatic rings. The van der Waals surface area contributed by atoms with Crippen LogP contribution in [0.3, 0.4) is 0 Å². The molecule has 0 amide bonds. The van der Waals surface area contributed by atoms with Crippen molar-refractivity contribution in [3.63, 3.8) is 0 Å². The van der Waals surface area contributed by atoms with E-state index in [1.165, 1.54) is 18.5 Å². The standard InChI is InChI=1S/C9H4ClF3N2O/c10-8-7-5(14-4-15-8)2-1-3-6(7)16-9(11,12)13/h1-4H. The molecule has 0 aliphatic carbocycles. The molecule has 2 rings (SSSR count). The molecule has 1 heterocycles. The maximum Gasteiger partial charge on any atom is 0.573 e. The van der Waals surface area contributed by atoms with Gasteiger partial charge >= 0.3 is 6.36 Å². The van der Waals surface area contributed by atoms with Crippen LogP contribution in [0.1, 0.15) is 0 Å². The Balaban J connectivity index is 2.61. The summed E-state index contributed by atoms with van der Waals surface area (Å²) >= 11 is 5.69. The molecule has 0 fully saturated rings. The van der Waals surface area contributed by atoms with Crippen molar-refractivity contribution in [1.29, 1.82) is 0 Å². The molecular weight excluding hydrogens is 245 g/mol.